The lowest BCUT2D eigenvalue weighted by atomic mass is 9.79. The Hall–Kier alpha value is -1.22. The predicted octanol–water partition coefficient (Wildman–Crippen LogP) is 3.72. The van der Waals surface area contributed by atoms with Gasteiger partial charge in [-0.05, 0) is 19.4 Å². The van der Waals surface area contributed by atoms with E-state index in [0.717, 1.165) is 16.7 Å². The molecular formula is C14H19ClO3. The molecule has 4 heteroatoms. The molecule has 100 valence electrons. The van der Waals surface area contributed by atoms with Crippen molar-refractivity contribution in [1.29, 1.82) is 0 Å². The van der Waals surface area contributed by atoms with Crippen LogP contribution in [0.4, 0.5) is 0 Å². The summed E-state index contributed by atoms with van der Waals surface area (Å²) < 4.78 is 5.40. The highest BCUT2D eigenvalue weighted by atomic mass is 35.5. The summed E-state index contributed by atoms with van der Waals surface area (Å²) in [7, 11) is 1.58. The van der Waals surface area contributed by atoms with Gasteiger partial charge in [0.2, 0.25) is 0 Å². The molecule has 1 aromatic rings. The molecule has 0 aliphatic carbocycles. The Morgan fingerprint density at radius 3 is 2.44 bits per heavy atom. The topological polar surface area (TPSA) is 46.5 Å². The molecule has 0 amide bonds. The number of halogens is 1. The summed E-state index contributed by atoms with van der Waals surface area (Å²) in [6.45, 7) is 7.58. The first-order chi connectivity index (χ1) is 8.20. The third-order valence-electron chi connectivity index (χ3n) is 3.15. The highest BCUT2D eigenvalue weighted by molar-refractivity contribution is 6.32. The fourth-order valence-corrected chi connectivity index (χ4v) is 2.32. The van der Waals surface area contributed by atoms with Crippen LogP contribution in [0.5, 0.6) is 5.75 Å². The van der Waals surface area contributed by atoms with E-state index in [9.17, 15) is 4.79 Å². The molecule has 1 N–H and O–H groups in total. The summed E-state index contributed by atoms with van der Waals surface area (Å²) in [5.74, 6) is -0.149. The molecule has 0 fully saturated rings. The van der Waals surface area contributed by atoms with Gasteiger partial charge in [0.15, 0.2) is 0 Å². The number of benzene rings is 1. The fourth-order valence-electron chi connectivity index (χ4n) is 2.18. The lowest BCUT2D eigenvalue weighted by Crippen LogP contribution is -2.23. The molecule has 0 aromatic heterocycles. The largest absolute Gasteiger partial charge is 0.496 e. The van der Waals surface area contributed by atoms with Crippen molar-refractivity contribution in [2.75, 3.05) is 7.11 Å². The van der Waals surface area contributed by atoms with Crippen LogP contribution in [-0.2, 0) is 10.2 Å². The zero-order valence-electron chi connectivity index (χ0n) is 11.4. The van der Waals surface area contributed by atoms with E-state index in [0.29, 0.717) is 10.8 Å². The first-order valence-electron chi connectivity index (χ1n) is 5.76. The second kappa shape index (κ2) is 5.19. The van der Waals surface area contributed by atoms with Crippen LogP contribution in [-0.4, -0.2) is 18.2 Å². The Morgan fingerprint density at radius 2 is 2.00 bits per heavy atom. The van der Waals surface area contributed by atoms with Gasteiger partial charge in [0.25, 0.3) is 0 Å². The number of rotatable bonds is 4. The molecule has 0 bridgehead atoms. The van der Waals surface area contributed by atoms with Gasteiger partial charge in [0.05, 0.1) is 18.6 Å². The van der Waals surface area contributed by atoms with Crippen LogP contribution >= 0.6 is 11.6 Å². The Morgan fingerprint density at radius 1 is 1.44 bits per heavy atom. The average molecular weight is 271 g/mol. The Kier molecular flexibility index (Phi) is 4.28. The van der Waals surface area contributed by atoms with Crippen molar-refractivity contribution in [2.24, 2.45) is 0 Å². The third-order valence-corrected chi connectivity index (χ3v) is 3.73. The standard InChI is InChI=1S/C14H19ClO3/c1-8-6-10(14(3,4)7-11(16)17)13(18-5)9(2)12(8)15/h6H,7H2,1-5H3,(H,16,17). The van der Waals surface area contributed by atoms with E-state index in [1.807, 2.05) is 33.8 Å². The quantitative estimate of drug-likeness (QED) is 0.907. The first kappa shape index (κ1) is 14.8. The molecule has 1 rings (SSSR count). The molecule has 3 nitrogen and oxygen atoms in total. The van der Waals surface area contributed by atoms with Gasteiger partial charge in [-0.2, -0.15) is 0 Å². The summed E-state index contributed by atoms with van der Waals surface area (Å²) in [5, 5.41) is 9.67. The number of methoxy groups -OCH3 is 1. The van der Waals surface area contributed by atoms with Crippen molar-refractivity contribution < 1.29 is 14.6 Å². The zero-order chi connectivity index (χ0) is 14.1. The Bertz CT molecular complexity index is 478. The van der Waals surface area contributed by atoms with Gasteiger partial charge in [-0.15, -0.1) is 0 Å². The number of aryl methyl sites for hydroxylation is 1. The monoisotopic (exact) mass is 270 g/mol. The van der Waals surface area contributed by atoms with Crippen molar-refractivity contribution >= 4 is 17.6 Å². The molecule has 0 saturated carbocycles. The van der Waals surface area contributed by atoms with Crippen molar-refractivity contribution in [3.63, 3.8) is 0 Å². The van der Waals surface area contributed by atoms with Gasteiger partial charge in [0.1, 0.15) is 5.75 Å². The van der Waals surface area contributed by atoms with E-state index in [1.165, 1.54) is 0 Å². The molecule has 0 radical (unpaired) electrons. The molecule has 0 aliphatic rings. The van der Waals surface area contributed by atoms with E-state index >= 15 is 0 Å². The van der Waals surface area contributed by atoms with E-state index in [4.69, 9.17) is 21.4 Å². The van der Waals surface area contributed by atoms with Gasteiger partial charge in [-0.25, -0.2) is 0 Å². The number of hydrogen-bond donors (Lipinski definition) is 1. The van der Waals surface area contributed by atoms with Crippen LogP contribution in [0, 0.1) is 13.8 Å². The average Bonchev–Trinajstić information content (AvgIpc) is 2.23. The SMILES string of the molecule is COc1c(C(C)(C)CC(=O)O)cc(C)c(Cl)c1C. The van der Waals surface area contributed by atoms with E-state index in [2.05, 4.69) is 0 Å². The molecular weight excluding hydrogens is 252 g/mol. The minimum atomic E-state index is -0.827. The van der Waals surface area contributed by atoms with Crippen molar-refractivity contribution in [2.45, 2.75) is 39.5 Å². The normalized spacial score (nSPS) is 11.4. The van der Waals surface area contributed by atoms with Crippen LogP contribution in [0.1, 0.15) is 37.0 Å². The molecule has 0 aliphatic heterocycles. The predicted molar refractivity (Wildman–Crippen MR) is 72.8 cm³/mol. The Balaban J connectivity index is 3.44. The number of carbonyl (C=O) groups is 1. The number of hydrogen-bond acceptors (Lipinski definition) is 2. The minimum absolute atomic E-state index is 0.0455. The second-order valence-corrected chi connectivity index (χ2v) is 5.55. The third kappa shape index (κ3) is 2.78. The van der Waals surface area contributed by atoms with Gasteiger partial charge < -0.3 is 9.84 Å². The Labute approximate surface area is 113 Å². The molecule has 0 heterocycles. The van der Waals surface area contributed by atoms with Crippen LogP contribution in [0.2, 0.25) is 5.02 Å². The molecule has 0 atom stereocenters. The fraction of sp³-hybridized carbons (Fsp3) is 0.500. The van der Waals surface area contributed by atoms with Crippen LogP contribution in [0.3, 0.4) is 0 Å². The van der Waals surface area contributed by atoms with Gasteiger partial charge >= 0.3 is 5.97 Å². The number of ether oxygens (including phenoxy) is 1. The van der Waals surface area contributed by atoms with E-state index in [1.54, 1.807) is 7.11 Å². The molecule has 1 aromatic carbocycles. The zero-order valence-corrected chi connectivity index (χ0v) is 12.2. The minimum Gasteiger partial charge on any atom is -0.496 e. The van der Waals surface area contributed by atoms with Crippen molar-refractivity contribution in [3.8, 4) is 5.75 Å². The van der Waals surface area contributed by atoms with Crippen LogP contribution in [0.15, 0.2) is 6.07 Å². The van der Waals surface area contributed by atoms with Crippen LogP contribution < -0.4 is 4.74 Å². The number of carboxylic acid groups (broad SMARTS) is 1. The summed E-state index contributed by atoms with van der Waals surface area (Å²) in [6.07, 6.45) is 0.0455. The highest BCUT2D eigenvalue weighted by Crippen LogP contribution is 2.40. The number of carboxylic acids is 1. The molecule has 18 heavy (non-hydrogen) atoms. The maximum Gasteiger partial charge on any atom is 0.304 e. The van der Waals surface area contributed by atoms with Gasteiger partial charge in [-0.3, -0.25) is 4.79 Å². The summed E-state index contributed by atoms with van der Waals surface area (Å²) in [5.41, 5.74) is 2.17. The lowest BCUT2D eigenvalue weighted by molar-refractivity contribution is -0.138. The second-order valence-electron chi connectivity index (χ2n) is 5.17. The smallest absolute Gasteiger partial charge is 0.304 e. The first-order valence-corrected chi connectivity index (χ1v) is 6.14. The van der Waals surface area contributed by atoms with Crippen molar-refractivity contribution in [1.82, 2.24) is 0 Å². The summed E-state index contributed by atoms with van der Waals surface area (Å²) >= 11 is 6.19. The summed E-state index contributed by atoms with van der Waals surface area (Å²) in [6, 6.07) is 1.91. The van der Waals surface area contributed by atoms with E-state index < -0.39 is 11.4 Å². The maximum atomic E-state index is 11.0. The van der Waals surface area contributed by atoms with E-state index in [-0.39, 0.29) is 6.42 Å². The number of aliphatic carboxylic acids is 1. The molecule has 0 unspecified atom stereocenters. The van der Waals surface area contributed by atoms with Gasteiger partial charge in [-0.1, -0.05) is 31.5 Å². The highest BCUT2D eigenvalue weighted by Gasteiger charge is 2.29. The van der Waals surface area contributed by atoms with Crippen LogP contribution in [0.25, 0.3) is 0 Å². The van der Waals surface area contributed by atoms with Crippen molar-refractivity contribution in [3.05, 3.63) is 27.8 Å². The molecule has 0 spiro atoms. The molecule has 0 saturated heterocycles. The maximum absolute atomic E-state index is 11.0. The lowest BCUT2D eigenvalue weighted by Gasteiger charge is -2.27. The summed E-state index contributed by atoms with van der Waals surface area (Å²) in [4.78, 5) is 11.0. The van der Waals surface area contributed by atoms with Gasteiger partial charge in [0, 0.05) is 16.5 Å².